The number of nitrogens with zero attached hydrogens (tertiary/aromatic N) is 3. The van der Waals surface area contributed by atoms with Gasteiger partial charge in [0, 0.05) is 25.3 Å². The summed E-state index contributed by atoms with van der Waals surface area (Å²) < 4.78 is 28.9. The van der Waals surface area contributed by atoms with Gasteiger partial charge in [0.1, 0.15) is 0 Å². The fourth-order valence-corrected chi connectivity index (χ4v) is 6.20. The quantitative estimate of drug-likeness (QED) is 0.542. The Morgan fingerprint density at radius 2 is 1.81 bits per heavy atom. The monoisotopic (exact) mass is 458 g/mol. The number of amides is 1. The van der Waals surface area contributed by atoms with Crippen LogP contribution in [0.3, 0.4) is 0 Å². The zero-order chi connectivity index (χ0) is 22.0. The fraction of sp³-hybridized carbons (Fsp3) is 0.364. The van der Waals surface area contributed by atoms with Crippen molar-refractivity contribution in [1.29, 1.82) is 0 Å². The van der Waals surface area contributed by atoms with Gasteiger partial charge in [0.05, 0.1) is 21.2 Å². The van der Waals surface area contributed by atoms with Gasteiger partial charge >= 0.3 is 0 Å². The van der Waals surface area contributed by atoms with E-state index in [0.29, 0.717) is 18.8 Å². The van der Waals surface area contributed by atoms with Crippen LogP contribution in [0.4, 0.5) is 5.69 Å². The number of aromatic nitrogens is 2. The van der Waals surface area contributed by atoms with Gasteiger partial charge in [-0.15, -0.1) is 0 Å². The molecule has 0 bridgehead atoms. The lowest BCUT2D eigenvalue weighted by Gasteiger charge is -2.16. The molecule has 1 amide bonds. The molecule has 164 valence electrons. The van der Waals surface area contributed by atoms with E-state index in [1.165, 1.54) is 16.1 Å². The molecule has 31 heavy (non-hydrogen) atoms. The molecule has 1 aromatic heterocycles. The number of fused-ring (bicyclic) bond motifs is 1. The van der Waals surface area contributed by atoms with Crippen LogP contribution in [0.5, 0.6) is 0 Å². The van der Waals surface area contributed by atoms with Gasteiger partial charge in [-0.3, -0.25) is 4.79 Å². The van der Waals surface area contributed by atoms with Crippen LogP contribution in [0.25, 0.3) is 11.0 Å². The molecule has 2 aromatic carbocycles. The van der Waals surface area contributed by atoms with Gasteiger partial charge in [0.25, 0.3) is 0 Å². The number of hydrogen-bond donors (Lipinski definition) is 1. The Morgan fingerprint density at radius 1 is 1.13 bits per heavy atom. The zero-order valence-electron chi connectivity index (χ0n) is 17.6. The van der Waals surface area contributed by atoms with E-state index >= 15 is 0 Å². The molecule has 1 atom stereocenters. The molecule has 1 N–H and O–H groups in total. The zero-order valence-corrected chi connectivity index (χ0v) is 19.2. The average Bonchev–Trinajstić information content (AvgIpc) is 3.42. The molecule has 1 fully saturated rings. The number of nitrogens with one attached hydrogen (secondary N) is 1. The molecule has 0 spiro atoms. The predicted octanol–water partition coefficient (Wildman–Crippen LogP) is 3.96. The number of hydrogen-bond acceptors (Lipinski definition) is 5. The van der Waals surface area contributed by atoms with Crippen molar-refractivity contribution >= 4 is 44.4 Å². The third-order valence-electron chi connectivity index (χ3n) is 5.41. The topological polar surface area (TPSA) is 84.3 Å². The first-order valence-electron chi connectivity index (χ1n) is 10.4. The summed E-state index contributed by atoms with van der Waals surface area (Å²) >= 11 is 1.41. The number of carbonyl (C=O) groups excluding carboxylic acids is 1. The van der Waals surface area contributed by atoms with E-state index in [1.807, 2.05) is 31.2 Å². The largest absolute Gasteiger partial charge is 0.325 e. The van der Waals surface area contributed by atoms with Crippen LogP contribution in [0.2, 0.25) is 0 Å². The van der Waals surface area contributed by atoms with Gasteiger partial charge in [0.2, 0.25) is 15.9 Å². The van der Waals surface area contributed by atoms with Crippen molar-refractivity contribution in [2.45, 2.75) is 48.5 Å². The third-order valence-corrected chi connectivity index (χ3v) is 8.41. The molecular weight excluding hydrogens is 432 g/mol. The lowest BCUT2D eigenvalue weighted by molar-refractivity contribution is -0.115. The minimum absolute atomic E-state index is 0.158. The molecule has 9 heteroatoms. The second kappa shape index (κ2) is 9.02. The molecule has 0 radical (unpaired) electrons. The second-order valence-corrected chi connectivity index (χ2v) is 10.8. The second-order valence-electron chi connectivity index (χ2n) is 7.51. The third kappa shape index (κ3) is 4.49. The maximum atomic E-state index is 12.7. The number of carbonyl (C=O) groups is 1. The molecule has 1 aliphatic rings. The normalized spacial score (nSPS) is 15.9. The Morgan fingerprint density at radius 3 is 2.48 bits per heavy atom. The first kappa shape index (κ1) is 21.9. The van der Waals surface area contributed by atoms with E-state index in [-0.39, 0.29) is 16.1 Å². The summed E-state index contributed by atoms with van der Waals surface area (Å²) in [5.74, 6) is -0.158. The number of anilines is 1. The Bertz CT molecular complexity index is 1180. The van der Waals surface area contributed by atoms with Crippen LogP contribution in [0.15, 0.2) is 58.6 Å². The smallest absolute Gasteiger partial charge is 0.243 e. The molecule has 1 aliphatic heterocycles. The van der Waals surface area contributed by atoms with Crippen LogP contribution in [0, 0.1) is 0 Å². The SMILES string of the molecule is CCn1c(S[C@H](C)C(=O)Nc2ccc(S(=O)(=O)N3CCCC3)cc2)nc2ccccc21. The number of rotatable bonds is 7. The van der Waals surface area contributed by atoms with Crippen LogP contribution >= 0.6 is 11.8 Å². The van der Waals surface area contributed by atoms with Gasteiger partial charge in [-0.05, 0) is 63.1 Å². The Hall–Kier alpha value is -2.36. The molecule has 7 nitrogen and oxygen atoms in total. The first-order chi connectivity index (χ1) is 14.9. The van der Waals surface area contributed by atoms with Gasteiger partial charge in [-0.25, -0.2) is 13.4 Å². The number of aryl methyl sites for hydroxylation is 1. The minimum atomic E-state index is -3.46. The summed E-state index contributed by atoms with van der Waals surface area (Å²) in [6, 6.07) is 14.3. The summed E-state index contributed by atoms with van der Waals surface area (Å²) in [6.07, 6.45) is 1.80. The lowest BCUT2D eigenvalue weighted by Crippen LogP contribution is -2.27. The molecule has 4 rings (SSSR count). The van der Waals surface area contributed by atoms with E-state index in [9.17, 15) is 13.2 Å². The van der Waals surface area contributed by atoms with Gasteiger partial charge in [0.15, 0.2) is 5.16 Å². The summed E-state index contributed by atoms with van der Waals surface area (Å²) in [5, 5.41) is 3.31. The van der Waals surface area contributed by atoms with Gasteiger partial charge < -0.3 is 9.88 Å². The van der Waals surface area contributed by atoms with Crippen molar-refractivity contribution in [2.75, 3.05) is 18.4 Å². The molecule has 0 aliphatic carbocycles. The molecule has 0 saturated carbocycles. The highest BCUT2D eigenvalue weighted by Gasteiger charge is 2.27. The highest BCUT2D eigenvalue weighted by atomic mass is 32.2. The number of thioether (sulfide) groups is 1. The van der Waals surface area contributed by atoms with Gasteiger partial charge in [-0.2, -0.15) is 4.31 Å². The van der Waals surface area contributed by atoms with E-state index < -0.39 is 10.0 Å². The van der Waals surface area contributed by atoms with Crippen LogP contribution in [-0.2, 0) is 21.4 Å². The number of sulfonamides is 1. The van der Waals surface area contributed by atoms with Crippen LogP contribution < -0.4 is 5.32 Å². The Labute approximate surface area is 186 Å². The molecule has 2 heterocycles. The number of benzene rings is 2. The van der Waals surface area contributed by atoms with Gasteiger partial charge in [-0.1, -0.05) is 23.9 Å². The highest BCUT2D eigenvalue weighted by Crippen LogP contribution is 2.28. The van der Waals surface area contributed by atoms with E-state index in [2.05, 4.69) is 21.8 Å². The van der Waals surface area contributed by atoms with E-state index in [0.717, 1.165) is 35.6 Å². The standard InChI is InChI=1S/C22H26N4O3S2/c1-3-26-20-9-5-4-8-19(20)24-22(26)30-16(2)21(27)23-17-10-12-18(13-11-17)31(28,29)25-14-6-7-15-25/h4-5,8-13,16H,3,6-7,14-15H2,1-2H3,(H,23,27)/t16-/m1/s1. The van der Waals surface area contributed by atoms with Crippen molar-refractivity contribution in [3.8, 4) is 0 Å². The highest BCUT2D eigenvalue weighted by molar-refractivity contribution is 8.00. The Kier molecular flexibility index (Phi) is 6.36. The first-order valence-corrected chi connectivity index (χ1v) is 12.7. The molecular formula is C22H26N4O3S2. The number of para-hydroxylation sites is 2. The van der Waals surface area contributed by atoms with E-state index in [1.54, 1.807) is 24.3 Å². The summed E-state index contributed by atoms with van der Waals surface area (Å²) in [7, 11) is -3.46. The van der Waals surface area contributed by atoms with Crippen molar-refractivity contribution in [3.63, 3.8) is 0 Å². The van der Waals surface area contributed by atoms with Crippen LogP contribution in [0.1, 0.15) is 26.7 Å². The average molecular weight is 459 g/mol. The van der Waals surface area contributed by atoms with E-state index in [4.69, 9.17) is 0 Å². The summed E-state index contributed by atoms with van der Waals surface area (Å²) in [6.45, 7) is 5.80. The lowest BCUT2D eigenvalue weighted by atomic mass is 10.3. The van der Waals surface area contributed by atoms with Crippen molar-refractivity contribution in [1.82, 2.24) is 13.9 Å². The molecule has 3 aromatic rings. The predicted molar refractivity (Wildman–Crippen MR) is 124 cm³/mol. The summed E-state index contributed by atoms with van der Waals surface area (Å²) in [4.78, 5) is 17.6. The summed E-state index contributed by atoms with van der Waals surface area (Å²) in [5.41, 5.74) is 2.53. The number of imidazole rings is 1. The molecule has 0 unspecified atom stereocenters. The minimum Gasteiger partial charge on any atom is -0.325 e. The van der Waals surface area contributed by atoms with Crippen molar-refractivity contribution in [3.05, 3.63) is 48.5 Å². The van der Waals surface area contributed by atoms with Crippen LogP contribution in [-0.4, -0.2) is 46.5 Å². The maximum absolute atomic E-state index is 12.7. The van der Waals surface area contributed by atoms with Crippen molar-refractivity contribution in [2.24, 2.45) is 0 Å². The Balaban J connectivity index is 1.43. The maximum Gasteiger partial charge on any atom is 0.243 e. The molecule has 1 saturated heterocycles. The fourth-order valence-electron chi connectivity index (χ4n) is 3.69. The van der Waals surface area contributed by atoms with Crippen molar-refractivity contribution < 1.29 is 13.2 Å².